The maximum absolute atomic E-state index is 12.8. The van der Waals surface area contributed by atoms with Gasteiger partial charge in [0.1, 0.15) is 5.00 Å². The van der Waals surface area contributed by atoms with Gasteiger partial charge in [0.25, 0.3) is 11.8 Å². The smallest absolute Gasteiger partial charge is 0.256 e. The number of nitrogens with two attached hydrogens (primary N) is 1. The molecule has 0 unspecified atom stereocenters. The fourth-order valence-corrected chi connectivity index (χ4v) is 6.65. The number of hydrogen-bond acceptors (Lipinski definition) is 6. The van der Waals surface area contributed by atoms with Crippen LogP contribution in [0, 0.1) is 5.92 Å². The minimum absolute atomic E-state index is 0.129. The van der Waals surface area contributed by atoms with E-state index >= 15 is 0 Å². The highest BCUT2D eigenvalue weighted by Gasteiger charge is 2.28. The van der Waals surface area contributed by atoms with Gasteiger partial charge in [-0.15, -0.1) is 11.3 Å². The first-order valence-electron chi connectivity index (χ1n) is 10.2. The van der Waals surface area contributed by atoms with Crippen molar-refractivity contribution in [3.8, 4) is 0 Å². The minimum Gasteiger partial charge on any atom is -0.379 e. The van der Waals surface area contributed by atoms with E-state index in [0.717, 1.165) is 29.7 Å². The Hall–Kier alpha value is -2.27. The number of morpholine rings is 1. The summed E-state index contributed by atoms with van der Waals surface area (Å²) in [5.74, 6) is -0.497. The van der Waals surface area contributed by atoms with Gasteiger partial charge in [-0.3, -0.25) is 9.59 Å². The predicted molar refractivity (Wildman–Crippen MR) is 118 cm³/mol. The zero-order valence-corrected chi connectivity index (χ0v) is 18.9. The maximum atomic E-state index is 12.8. The molecule has 1 aliphatic carbocycles. The summed E-state index contributed by atoms with van der Waals surface area (Å²) in [6.07, 6.45) is 2.68. The maximum Gasteiger partial charge on any atom is 0.256 e. The molecule has 1 fully saturated rings. The molecule has 4 rings (SSSR count). The van der Waals surface area contributed by atoms with Gasteiger partial charge in [-0.25, -0.2) is 8.42 Å². The Balaban J connectivity index is 1.54. The van der Waals surface area contributed by atoms with Crippen molar-refractivity contribution in [2.45, 2.75) is 31.1 Å². The lowest BCUT2D eigenvalue weighted by molar-refractivity contribution is 0.0730. The molecule has 166 valence electrons. The number of benzene rings is 1. The Labute approximate surface area is 185 Å². The molecule has 1 atom stereocenters. The molecular weight excluding hydrogens is 438 g/mol. The molecule has 1 saturated heterocycles. The molecule has 31 heavy (non-hydrogen) atoms. The Bertz CT molecular complexity index is 1100. The van der Waals surface area contributed by atoms with E-state index in [2.05, 4.69) is 12.2 Å². The third-order valence-electron chi connectivity index (χ3n) is 5.71. The van der Waals surface area contributed by atoms with E-state index in [-0.39, 0.29) is 4.90 Å². The van der Waals surface area contributed by atoms with Crippen molar-refractivity contribution in [2.24, 2.45) is 11.7 Å². The van der Waals surface area contributed by atoms with Crippen LogP contribution < -0.4 is 11.1 Å². The molecule has 8 nitrogen and oxygen atoms in total. The SMILES string of the molecule is C[C@@H]1CCc2sc(NC(=O)c3ccc(S(=O)(=O)N4CCOCC4)cc3)c(C(N)=O)c2C1. The van der Waals surface area contributed by atoms with Gasteiger partial charge in [-0.2, -0.15) is 4.31 Å². The molecule has 0 bridgehead atoms. The highest BCUT2D eigenvalue weighted by atomic mass is 32.2. The summed E-state index contributed by atoms with van der Waals surface area (Å²) < 4.78 is 32.1. The monoisotopic (exact) mass is 463 g/mol. The second-order valence-electron chi connectivity index (χ2n) is 7.92. The number of sulfonamides is 1. The van der Waals surface area contributed by atoms with Gasteiger partial charge < -0.3 is 15.8 Å². The van der Waals surface area contributed by atoms with Crippen LogP contribution in [0.15, 0.2) is 29.2 Å². The van der Waals surface area contributed by atoms with Crippen molar-refractivity contribution in [3.63, 3.8) is 0 Å². The van der Waals surface area contributed by atoms with Gasteiger partial charge in [-0.1, -0.05) is 6.92 Å². The van der Waals surface area contributed by atoms with Crippen LogP contribution >= 0.6 is 11.3 Å². The summed E-state index contributed by atoms with van der Waals surface area (Å²) in [6, 6.07) is 5.80. The number of primary amides is 1. The lowest BCUT2D eigenvalue weighted by atomic mass is 9.87. The van der Waals surface area contributed by atoms with Crippen LogP contribution in [-0.2, 0) is 27.6 Å². The number of fused-ring (bicyclic) bond motifs is 1. The van der Waals surface area contributed by atoms with Crippen LogP contribution in [0.25, 0.3) is 0 Å². The molecule has 1 aromatic carbocycles. The first-order valence-corrected chi connectivity index (χ1v) is 12.5. The zero-order chi connectivity index (χ0) is 22.2. The number of nitrogens with zero attached hydrogens (tertiary/aromatic N) is 1. The van der Waals surface area contributed by atoms with E-state index in [4.69, 9.17) is 10.5 Å². The van der Waals surface area contributed by atoms with Crippen molar-refractivity contribution in [2.75, 3.05) is 31.6 Å². The van der Waals surface area contributed by atoms with E-state index in [1.54, 1.807) is 0 Å². The van der Waals surface area contributed by atoms with Gasteiger partial charge in [-0.05, 0) is 55.0 Å². The number of carbonyl (C=O) groups excluding carboxylic acids is 2. The fourth-order valence-electron chi connectivity index (χ4n) is 4.00. The Morgan fingerprint density at radius 1 is 1.19 bits per heavy atom. The lowest BCUT2D eigenvalue weighted by Crippen LogP contribution is -2.40. The molecule has 10 heteroatoms. The third-order valence-corrected chi connectivity index (χ3v) is 8.83. The Kier molecular flexibility index (Phi) is 6.16. The van der Waals surface area contributed by atoms with Crippen LogP contribution in [0.1, 0.15) is 44.5 Å². The van der Waals surface area contributed by atoms with E-state index in [1.165, 1.54) is 39.9 Å². The van der Waals surface area contributed by atoms with Crippen molar-refractivity contribution in [1.82, 2.24) is 4.31 Å². The molecule has 3 N–H and O–H groups in total. The van der Waals surface area contributed by atoms with E-state index in [0.29, 0.717) is 48.3 Å². The van der Waals surface area contributed by atoms with Crippen LogP contribution in [0.2, 0.25) is 0 Å². The summed E-state index contributed by atoms with van der Waals surface area (Å²) in [5.41, 5.74) is 7.26. The molecule has 0 spiro atoms. The van der Waals surface area contributed by atoms with Crippen LogP contribution in [0.5, 0.6) is 0 Å². The average molecular weight is 464 g/mol. The van der Waals surface area contributed by atoms with Crippen molar-refractivity contribution < 1.29 is 22.7 Å². The molecule has 2 heterocycles. The standard InChI is InChI=1S/C21H25N3O5S2/c1-13-2-7-17-16(12-13)18(19(22)25)21(30-17)23-20(26)14-3-5-15(6-4-14)31(27,28)24-8-10-29-11-9-24/h3-6,13H,2,7-12H2,1H3,(H2,22,25)(H,23,26)/t13-/m1/s1. The average Bonchev–Trinajstić information content (AvgIpc) is 3.11. The lowest BCUT2D eigenvalue weighted by Gasteiger charge is -2.26. The molecule has 2 aliphatic rings. The summed E-state index contributed by atoms with van der Waals surface area (Å²) in [7, 11) is -3.63. The van der Waals surface area contributed by atoms with Gasteiger partial charge in [0.2, 0.25) is 10.0 Å². The van der Waals surface area contributed by atoms with Gasteiger partial charge in [0.15, 0.2) is 0 Å². The zero-order valence-electron chi connectivity index (χ0n) is 17.2. The largest absolute Gasteiger partial charge is 0.379 e. The highest BCUT2D eigenvalue weighted by Crippen LogP contribution is 2.39. The van der Waals surface area contributed by atoms with Crippen LogP contribution in [0.3, 0.4) is 0 Å². The van der Waals surface area contributed by atoms with Crippen LogP contribution in [0.4, 0.5) is 5.00 Å². The highest BCUT2D eigenvalue weighted by molar-refractivity contribution is 7.89. The number of hydrogen-bond donors (Lipinski definition) is 2. The summed E-state index contributed by atoms with van der Waals surface area (Å²) in [4.78, 5) is 26.1. The number of rotatable bonds is 5. The van der Waals surface area contributed by atoms with E-state index in [9.17, 15) is 18.0 Å². The molecule has 2 amide bonds. The molecular formula is C21H25N3O5S2. The van der Waals surface area contributed by atoms with Crippen molar-refractivity contribution in [1.29, 1.82) is 0 Å². The molecule has 0 saturated carbocycles. The second kappa shape index (κ2) is 8.70. The number of thiophene rings is 1. The normalized spacial score (nSPS) is 19.6. The minimum atomic E-state index is -3.63. The number of ether oxygens (including phenoxy) is 1. The number of amides is 2. The van der Waals surface area contributed by atoms with Gasteiger partial charge in [0.05, 0.1) is 23.7 Å². The summed E-state index contributed by atoms with van der Waals surface area (Å²) in [6.45, 7) is 3.48. The fraction of sp³-hybridized carbons (Fsp3) is 0.429. The number of anilines is 1. The summed E-state index contributed by atoms with van der Waals surface area (Å²) >= 11 is 1.39. The number of nitrogens with one attached hydrogen (secondary N) is 1. The molecule has 0 radical (unpaired) electrons. The van der Waals surface area contributed by atoms with Crippen LogP contribution in [-0.4, -0.2) is 50.8 Å². The Morgan fingerprint density at radius 2 is 1.87 bits per heavy atom. The summed E-state index contributed by atoms with van der Waals surface area (Å²) in [5, 5.41) is 3.26. The molecule has 1 aliphatic heterocycles. The van der Waals surface area contributed by atoms with E-state index < -0.39 is 21.8 Å². The molecule has 1 aromatic heterocycles. The Morgan fingerprint density at radius 3 is 2.52 bits per heavy atom. The van der Waals surface area contributed by atoms with Gasteiger partial charge in [0, 0.05) is 23.5 Å². The van der Waals surface area contributed by atoms with Crippen molar-refractivity contribution in [3.05, 3.63) is 45.8 Å². The second-order valence-corrected chi connectivity index (χ2v) is 11.0. The number of aryl methyl sites for hydroxylation is 1. The predicted octanol–water partition coefficient (Wildman–Crippen LogP) is 2.25. The number of carbonyl (C=O) groups is 2. The topological polar surface area (TPSA) is 119 Å². The molecule has 2 aromatic rings. The first-order chi connectivity index (χ1) is 14.8. The van der Waals surface area contributed by atoms with E-state index in [1.807, 2.05) is 0 Å². The third kappa shape index (κ3) is 4.38. The van der Waals surface area contributed by atoms with Crippen molar-refractivity contribution >= 4 is 38.2 Å². The van der Waals surface area contributed by atoms with Gasteiger partial charge >= 0.3 is 0 Å². The quantitative estimate of drug-likeness (QED) is 0.705. The first kappa shape index (κ1) is 21.9.